The fourth-order valence-corrected chi connectivity index (χ4v) is 3.96. The Hall–Kier alpha value is -4.19. The number of para-hydroxylation sites is 1. The van der Waals surface area contributed by atoms with E-state index in [1.807, 2.05) is 38.1 Å². The number of aromatic amines is 2. The van der Waals surface area contributed by atoms with Gasteiger partial charge in [0.2, 0.25) is 17.7 Å². The summed E-state index contributed by atoms with van der Waals surface area (Å²) < 4.78 is 0. The van der Waals surface area contributed by atoms with Crippen molar-refractivity contribution in [3.63, 3.8) is 0 Å². The lowest BCUT2D eigenvalue weighted by atomic mass is 10.0. The Bertz CT molecular complexity index is 1220. The molecule has 0 radical (unpaired) electrons. The van der Waals surface area contributed by atoms with E-state index in [9.17, 15) is 24.3 Å². The van der Waals surface area contributed by atoms with Gasteiger partial charge in [-0.2, -0.15) is 0 Å². The van der Waals surface area contributed by atoms with E-state index in [0.717, 1.165) is 16.5 Å². The number of nitrogens with two attached hydrogens (primary N) is 1. The summed E-state index contributed by atoms with van der Waals surface area (Å²) in [6.45, 7) is 3.24. The van der Waals surface area contributed by atoms with Gasteiger partial charge in [-0.05, 0) is 30.4 Å². The average molecular weight is 512 g/mol. The number of carboxylic acids is 1. The minimum absolute atomic E-state index is 0.0541. The Morgan fingerprint density at radius 2 is 1.78 bits per heavy atom. The molecule has 1 aromatic carbocycles. The number of aliphatic carboxylic acids is 1. The quantitative estimate of drug-likeness (QED) is 0.170. The Labute approximate surface area is 213 Å². The Morgan fingerprint density at radius 3 is 2.46 bits per heavy atom. The molecule has 12 heteroatoms. The van der Waals surface area contributed by atoms with Gasteiger partial charge < -0.3 is 36.8 Å². The van der Waals surface area contributed by atoms with Gasteiger partial charge in [-0.3, -0.25) is 14.4 Å². The lowest BCUT2D eigenvalue weighted by Crippen LogP contribution is -2.54. The smallest absolute Gasteiger partial charge is 0.326 e. The number of imidazole rings is 1. The van der Waals surface area contributed by atoms with E-state index in [4.69, 9.17) is 5.73 Å². The van der Waals surface area contributed by atoms with Crippen molar-refractivity contribution in [2.24, 2.45) is 11.7 Å². The van der Waals surface area contributed by atoms with Crippen molar-refractivity contribution in [3.05, 3.63) is 54.2 Å². The van der Waals surface area contributed by atoms with Crippen LogP contribution >= 0.6 is 0 Å². The number of H-pyrrole nitrogens is 2. The number of hydrogen-bond donors (Lipinski definition) is 7. The van der Waals surface area contributed by atoms with E-state index in [0.29, 0.717) is 5.69 Å². The highest BCUT2D eigenvalue weighted by atomic mass is 16.4. The maximum atomic E-state index is 12.9. The van der Waals surface area contributed by atoms with Gasteiger partial charge in [0, 0.05) is 35.4 Å². The third kappa shape index (κ3) is 7.90. The second-order valence-corrected chi connectivity index (χ2v) is 9.32. The van der Waals surface area contributed by atoms with E-state index in [-0.39, 0.29) is 25.2 Å². The number of hydrogen-bond acceptors (Lipinski definition) is 6. The predicted molar refractivity (Wildman–Crippen MR) is 136 cm³/mol. The van der Waals surface area contributed by atoms with Crippen molar-refractivity contribution < 1.29 is 24.3 Å². The first-order valence-electron chi connectivity index (χ1n) is 12.0. The van der Waals surface area contributed by atoms with Crippen LogP contribution in [0.1, 0.15) is 31.5 Å². The van der Waals surface area contributed by atoms with Crippen LogP contribution in [0.5, 0.6) is 0 Å². The summed E-state index contributed by atoms with van der Waals surface area (Å²) in [7, 11) is 0. The molecular formula is C25H33N7O5. The van der Waals surface area contributed by atoms with E-state index in [2.05, 4.69) is 30.9 Å². The van der Waals surface area contributed by atoms with Crippen molar-refractivity contribution in [1.82, 2.24) is 30.9 Å². The van der Waals surface area contributed by atoms with Crippen LogP contribution in [0, 0.1) is 5.92 Å². The lowest BCUT2D eigenvalue weighted by Gasteiger charge is -2.21. The Morgan fingerprint density at radius 1 is 1.03 bits per heavy atom. The van der Waals surface area contributed by atoms with Crippen LogP contribution in [0.2, 0.25) is 0 Å². The second kappa shape index (κ2) is 12.7. The van der Waals surface area contributed by atoms with Gasteiger partial charge in [0.25, 0.3) is 0 Å². The molecule has 0 saturated heterocycles. The molecule has 0 aliphatic heterocycles. The zero-order valence-corrected chi connectivity index (χ0v) is 20.8. The number of fused-ring (bicyclic) bond motifs is 1. The molecule has 198 valence electrons. The molecule has 2 aromatic heterocycles. The summed E-state index contributed by atoms with van der Waals surface area (Å²) in [6, 6.07) is 4.63. The van der Waals surface area contributed by atoms with Crippen LogP contribution in [-0.4, -0.2) is 68.4 Å². The maximum absolute atomic E-state index is 12.9. The van der Waals surface area contributed by atoms with E-state index in [1.165, 1.54) is 12.5 Å². The number of carbonyl (C=O) groups excluding carboxylic acids is 3. The summed E-state index contributed by atoms with van der Waals surface area (Å²) in [5.41, 5.74) is 8.57. The number of nitrogens with zero attached hydrogens (tertiary/aromatic N) is 1. The average Bonchev–Trinajstić information content (AvgIpc) is 3.51. The molecule has 0 bridgehead atoms. The molecule has 0 aliphatic rings. The predicted octanol–water partition coefficient (Wildman–Crippen LogP) is 0.220. The topological polar surface area (TPSA) is 195 Å². The van der Waals surface area contributed by atoms with E-state index >= 15 is 0 Å². The summed E-state index contributed by atoms with van der Waals surface area (Å²) >= 11 is 0. The van der Waals surface area contributed by atoms with Crippen LogP contribution in [-0.2, 0) is 32.0 Å². The molecule has 0 saturated carbocycles. The SMILES string of the molecule is CC(C)CC(NC(=O)CNC(=O)C(Cc1cnc[nH]1)NC(=O)C(N)Cc1c[nH]c2ccccc12)C(=O)O. The third-order valence-corrected chi connectivity index (χ3v) is 5.83. The number of rotatable bonds is 13. The molecular weight excluding hydrogens is 478 g/mol. The van der Waals surface area contributed by atoms with E-state index in [1.54, 1.807) is 6.20 Å². The summed E-state index contributed by atoms with van der Waals surface area (Å²) in [5.74, 6) is -2.89. The first kappa shape index (κ1) is 27.4. The van der Waals surface area contributed by atoms with Gasteiger partial charge in [-0.1, -0.05) is 32.0 Å². The number of aromatic nitrogens is 3. The third-order valence-electron chi connectivity index (χ3n) is 5.83. The Balaban J connectivity index is 1.61. The van der Waals surface area contributed by atoms with Crippen LogP contribution in [0.15, 0.2) is 43.0 Å². The molecule has 0 aliphatic carbocycles. The summed E-state index contributed by atoms with van der Waals surface area (Å²) in [4.78, 5) is 59.5. The first-order chi connectivity index (χ1) is 17.6. The Kier molecular flexibility index (Phi) is 9.39. The van der Waals surface area contributed by atoms with Crippen molar-refractivity contribution in [2.75, 3.05) is 6.54 Å². The van der Waals surface area contributed by atoms with E-state index < -0.39 is 48.4 Å². The summed E-state index contributed by atoms with van der Waals surface area (Å²) in [6.07, 6.45) is 5.36. The fourth-order valence-electron chi connectivity index (χ4n) is 3.96. The molecule has 37 heavy (non-hydrogen) atoms. The monoisotopic (exact) mass is 511 g/mol. The van der Waals surface area contributed by atoms with Gasteiger partial charge in [-0.25, -0.2) is 9.78 Å². The zero-order valence-electron chi connectivity index (χ0n) is 20.8. The lowest BCUT2D eigenvalue weighted by molar-refractivity contribution is -0.142. The maximum Gasteiger partial charge on any atom is 0.326 e. The van der Waals surface area contributed by atoms with Gasteiger partial charge in [-0.15, -0.1) is 0 Å². The van der Waals surface area contributed by atoms with Crippen LogP contribution in [0.3, 0.4) is 0 Å². The molecule has 3 aromatic rings. The number of nitrogens with one attached hydrogen (secondary N) is 5. The van der Waals surface area contributed by atoms with Crippen molar-refractivity contribution in [2.45, 2.75) is 51.2 Å². The largest absolute Gasteiger partial charge is 0.480 e. The van der Waals surface area contributed by atoms with Crippen molar-refractivity contribution in [3.8, 4) is 0 Å². The standard InChI is InChI=1S/C25H33N7O5/c1-14(2)7-21(25(36)37)31-22(33)12-29-24(35)20(9-16-11-27-13-30-16)32-23(34)18(26)8-15-10-28-19-6-4-3-5-17(15)19/h3-6,10-11,13-14,18,20-21,28H,7-9,12,26H2,1-2H3,(H,27,30)(H,29,35)(H,31,33)(H,32,34)(H,36,37). The minimum Gasteiger partial charge on any atom is -0.480 e. The number of carbonyl (C=O) groups is 4. The van der Waals surface area contributed by atoms with Crippen molar-refractivity contribution in [1.29, 1.82) is 0 Å². The highest BCUT2D eigenvalue weighted by Gasteiger charge is 2.26. The molecule has 3 atom stereocenters. The second-order valence-electron chi connectivity index (χ2n) is 9.32. The first-order valence-corrected chi connectivity index (χ1v) is 12.0. The summed E-state index contributed by atoms with van der Waals surface area (Å²) in [5, 5.41) is 17.8. The molecule has 0 fully saturated rings. The van der Waals surface area contributed by atoms with Crippen LogP contribution < -0.4 is 21.7 Å². The number of carboxylic acid groups (broad SMARTS) is 1. The zero-order chi connectivity index (χ0) is 26.9. The molecule has 12 nitrogen and oxygen atoms in total. The van der Waals surface area contributed by atoms with Gasteiger partial charge in [0.1, 0.15) is 12.1 Å². The fraction of sp³-hybridized carbons (Fsp3) is 0.400. The van der Waals surface area contributed by atoms with Gasteiger partial charge in [0.05, 0.1) is 18.9 Å². The van der Waals surface area contributed by atoms with Crippen LogP contribution in [0.4, 0.5) is 0 Å². The minimum atomic E-state index is -1.15. The molecule has 8 N–H and O–H groups in total. The highest BCUT2D eigenvalue weighted by molar-refractivity contribution is 5.93. The molecule has 3 amide bonds. The van der Waals surface area contributed by atoms with Crippen molar-refractivity contribution >= 4 is 34.6 Å². The molecule has 3 rings (SSSR count). The number of amides is 3. The molecule has 3 unspecified atom stereocenters. The normalized spacial score (nSPS) is 13.6. The van der Waals surface area contributed by atoms with Gasteiger partial charge in [0.15, 0.2) is 0 Å². The van der Waals surface area contributed by atoms with Crippen LogP contribution in [0.25, 0.3) is 10.9 Å². The molecule has 0 spiro atoms. The van der Waals surface area contributed by atoms with Gasteiger partial charge >= 0.3 is 5.97 Å². The highest BCUT2D eigenvalue weighted by Crippen LogP contribution is 2.18. The molecule has 2 heterocycles. The number of benzene rings is 1.